The normalized spacial score (nSPS) is 40.3. The van der Waals surface area contributed by atoms with Crippen LogP contribution >= 0.6 is 0 Å². The van der Waals surface area contributed by atoms with Crippen LogP contribution < -0.4 is 5.32 Å². The zero-order valence-electron chi connectivity index (χ0n) is 8.84. The Hall–Kier alpha value is -0.150. The second-order valence-electron chi connectivity index (χ2n) is 4.63. The number of nitrogens with one attached hydrogen (secondary N) is 1. The summed E-state index contributed by atoms with van der Waals surface area (Å²) in [5.74, 6) is 0.586. The first-order valence-electron chi connectivity index (χ1n) is 5.75. The highest BCUT2D eigenvalue weighted by atomic mass is 19.1. The molecule has 0 spiro atoms. The number of hydrogen-bond donors (Lipinski definition) is 1. The zero-order valence-corrected chi connectivity index (χ0v) is 8.84. The molecule has 0 aromatic rings. The SMILES string of the molecule is CC(N[C@@H]1CCC[C@@H]1F)C1CCOC1. The van der Waals surface area contributed by atoms with Crippen molar-refractivity contribution < 1.29 is 9.13 Å². The van der Waals surface area contributed by atoms with E-state index in [9.17, 15) is 4.39 Å². The number of alkyl halides is 1. The lowest BCUT2D eigenvalue weighted by Gasteiger charge is -2.24. The zero-order chi connectivity index (χ0) is 9.97. The van der Waals surface area contributed by atoms with Gasteiger partial charge in [-0.2, -0.15) is 0 Å². The molecule has 1 aliphatic heterocycles. The van der Waals surface area contributed by atoms with Crippen molar-refractivity contribution in [3.05, 3.63) is 0 Å². The van der Waals surface area contributed by atoms with Gasteiger partial charge in [-0.3, -0.25) is 0 Å². The summed E-state index contributed by atoms with van der Waals surface area (Å²) in [6.07, 6.45) is 3.27. The fourth-order valence-corrected chi connectivity index (χ4v) is 2.52. The largest absolute Gasteiger partial charge is 0.381 e. The Morgan fingerprint density at radius 2 is 2.21 bits per heavy atom. The predicted molar refractivity (Wildman–Crippen MR) is 54.1 cm³/mol. The Morgan fingerprint density at radius 1 is 1.36 bits per heavy atom. The first-order chi connectivity index (χ1) is 6.77. The first kappa shape index (κ1) is 10.4. The maximum atomic E-state index is 13.3. The monoisotopic (exact) mass is 201 g/mol. The fourth-order valence-electron chi connectivity index (χ4n) is 2.52. The Balaban J connectivity index is 1.78. The van der Waals surface area contributed by atoms with E-state index in [-0.39, 0.29) is 6.04 Å². The quantitative estimate of drug-likeness (QED) is 0.753. The lowest BCUT2D eigenvalue weighted by Crippen LogP contribution is -2.43. The Morgan fingerprint density at radius 3 is 2.79 bits per heavy atom. The second-order valence-corrected chi connectivity index (χ2v) is 4.63. The molecular weight excluding hydrogens is 181 g/mol. The first-order valence-corrected chi connectivity index (χ1v) is 5.75. The van der Waals surface area contributed by atoms with E-state index >= 15 is 0 Å². The summed E-state index contributed by atoms with van der Waals surface area (Å²) >= 11 is 0. The van der Waals surface area contributed by atoms with Gasteiger partial charge in [0.2, 0.25) is 0 Å². The van der Waals surface area contributed by atoms with E-state index in [1.807, 2.05) is 0 Å². The van der Waals surface area contributed by atoms with Gasteiger partial charge in [0.15, 0.2) is 0 Å². The van der Waals surface area contributed by atoms with Crippen molar-refractivity contribution >= 4 is 0 Å². The maximum absolute atomic E-state index is 13.3. The van der Waals surface area contributed by atoms with Crippen molar-refractivity contribution in [2.24, 2.45) is 5.92 Å². The molecule has 2 nitrogen and oxygen atoms in total. The highest BCUT2D eigenvalue weighted by molar-refractivity contribution is 4.87. The van der Waals surface area contributed by atoms with Gasteiger partial charge in [-0.15, -0.1) is 0 Å². The highest BCUT2D eigenvalue weighted by Gasteiger charge is 2.30. The molecule has 1 saturated heterocycles. The molecule has 0 radical (unpaired) electrons. The van der Waals surface area contributed by atoms with Crippen LogP contribution in [-0.2, 0) is 4.74 Å². The van der Waals surface area contributed by atoms with Crippen molar-refractivity contribution in [2.45, 2.75) is 50.9 Å². The van der Waals surface area contributed by atoms with Gasteiger partial charge in [0.25, 0.3) is 0 Å². The smallest absolute Gasteiger partial charge is 0.115 e. The standard InChI is InChI=1S/C11H20FNO/c1-8(9-5-6-14-7-9)13-11-4-2-3-10(11)12/h8-11,13H,2-7H2,1H3/t8?,9?,10-,11+/m0/s1. The molecule has 1 saturated carbocycles. The van der Waals surface area contributed by atoms with Crippen molar-refractivity contribution in [1.29, 1.82) is 0 Å². The van der Waals surface area contributed by atoms with Crippen LogP contribution in [0.4, 0.5) is 4.39 Å². The molecule has 0 bridgehead atoms. The summed E-state index contributed by atoms with van der Waals surface area (Å²) in [5.41, 5.74) is 0. The van der Waals surface area contributed by atoms with Gasteiger partial charge >= 0.3 is 0 Å². The van der Waals surface area contributed by atoms with Gasteiger partial charge in [0.1, 0.15) is 6.17 Å². The highest BCUT2D eigenvalue weighted by Crippen LogP contribution is 2.24. The molecule has 14 heavy (non-hydrogen) atoms. The van der Waals surface area contributed by atoms with Crippen molar-refractivity contribution in [3.63, 3.8) is 0 Å². The maximum Gasteiger partial charge on any atom is 0.115 e. The fraction of sp³-hybridized carbons (Fsp3) is 1.00. The van der Waals surface area contributed by atoms with Gasteiger partial charge < -0.3 is 10.1 Å². The van der Waals surface area contributed by atoms with E-state index in [0.29, 0.717) is 12.0 Å². The summed E-state index contributed by atoms with van der Waals surface area (Å²) in [6.45, 7) is 3.88. The summed E-state index contributed by atoms with van der Waals surface area (Å²) in [6, 6.07) is 0.504. The van der Waals surface area contributed by atoms with Gasteiger partial charge in [-0.1, -0.05) is 0 Å². The number of rotatable bonds is 3. The van der Waals surface area contributed by atoms with E-state index in [1.165, 1.54) is 0 Å². The summed E-state index contributed by atoms with van der Waals surface area (Å²) < 4.78 is 18.7. The lowest BCUT2D eigenvalue weighted by atomic mass is 9.99. The van der Waals surface area contributed by atoms with E-state index in [2.05, 4.69) is 12.2 Å². The molecule has 82 valence electrons. The van der Waals surface area contributed by atoms with Gasteiger partial charge in [-0.05, 0) is 38.5 Å². The third kappa shape index (κ3) is 2.26. The van der Waals surface area contributed by atoms with Crippen LogP contribution in [0, 0.1) is 5.92 Å². The molecule has 1 aliphatic carbocycles. The molecule has 0 aromatic heterocycles. The van der Waals surface area contributed by atoms with E-state index in [0.717, 1.165) is 38.9 Å². The van der Waals surface area contributed by atoms with Crippen LogP contribution in [-0.4, -0.2) is 31.5 Å². The van der Waals surface area contributed by atoms with Crippen LogP contribution in [0.1, 0.15) is 32.6 Å². The molecule has 0 amide bonds. The third-order valence-electron chi connectivity index (χ3n) is 3.58. The molecule has 2 unspecified atom stereocenters. The molecule has 2 rings (SSSR count). The minimum atomic E-state index is -0.625. The summed E-state index contributed by atoms with van der Waals surface area (Å²) in [7, 11) is 0. The number of ether oxygens (including phenoxy) is 1. The third-order valence-corrected chi connectivity index (χ3v) is 3.58. The van der Waals surface area contributed by atoms with Crippen molar-refractivity contribution in [3.8, 4) is 0 Å². The second kappa shape index (κ2) is 4.58. The van der Waals surface area contributed by atoms with Gasteiger partial charge in [0.05, 0.1) is 6.61 Å². The van der Waals surface area contributed by atoms with E-state index in [1.54, 1.807) is 0 Å². The Labute approximate surface area is 85.2 Å². The average Bonchev–Trinajstić information content (AvgIpc) is 2.77. The van der Waals surface area contributed by atoms with E-state index in [4.69, 9.17) is 4.74 Å². The van der Waals surface area contributed by atoms with E-state index < -0.39 is 6.17 Å². The Kier molecular flexibility index (Phi) is 3.39. The van der Waals surface area contributed by atoms with Crippen LogP contribution in [0.25, 0.3) is 0 Å². The molecular formula is C11H20FNO. The van der Waals surface area contributed by atoms with Gasteiger partial charge in [-0.25, -0.2) is 4.39 Å². The summed E-state index contributed by atoms with van der Waals surface area (Å²) in [5, 5.41) is 3.42. The van der Waals surface area contributed by atoms with Crippen molar-refractivity contribution in [1.82, 2.24) is 5.32 Å². The van der Waals surface area contributed by atoms with Crippen LogP contribution in [0.5, 0.6) is 0 Å². The Bertz CT molecular complexity index is 182. The molecule has 2 fully saturated rings. The number of halogens is 1. The van der Waals surface area contributed by atoms with Crippen LogP contribution in [0.15, 0.2) is 0 Å². The number of hydrogen-bond acceptors (Lipinski definition) is 2. The molecule has 4 atom stereocenters. The van der Waals surface area contributed by atoms with Crippen molar-refractivity contribution in [2.75, 3.05) is 13.2 Å². The topological polar surface area (TPSA) is 21.3 Å². The van der Waals surface area contributed by atoms with Crippen LogP contribution in [0.3, 0.4) is 0 Å². The van der Waals surface area contributed by atoms with Gasteiger partial charge in [0, 0.05) is 18.7 Å². The average molecular weight is 201 g/mol. The molecule has 1 N–H and O–H groups in total. The molecule has 3 heteroatoms. The minimum absolute atomic E-state index is 0.102. The molecule has 1 heterocycles. The minimum Gasteiger partial charge on any atom is -0.381 e. The lowest BCUT2D eigenvalue weighted by molar-refractivity contribution is 0.172. The summed E-state index contributed by atoms with van der Waals surface area (Å²) in [4.78, 5) is 0. The predicted octanol–water partition coefficient (Wildman–Crippen LogP) is 1.89. The van der Waals surface area contributed by atoms with Crippen LogP contribution in [0.2, 0.25) is 0 Å². The molecule has 0 aromatic carbocycles. The molecule has 2 aliphatic rings.